The smallest absolute Gasteiger partial charge is 0.243 e. The predicted octanol–water partition coefficient (Wildman–Crippen LogP) is 2.29. The lowest BCUT2D eigenvalue weighted by atomic mass is 10.1. The third kappa shape index (κ3) is 5.30. The summed E-state index contributed by atoms with van der Waals surface area (Å²) in [7, 11) is -3.58. The topological polar surface area (TPSA) is 69.6 Å². The summed E-state index contributed by atoms with van der Waals surface area (Å²) < 4.78 is 26.4. The van der Waals surface area contributed by atoms with E-state index in [1.165, 1.54) is 4.31 Å². The molecule has 0 saturated heterocycles. The van der Waals surface area contributed by atoms with E-state index in [0.717, 1.165) is 18.7 Å². The second-order valence-corrected chi connectivity index (χ2v) is 7.63. The molecule has 0 amide bonds. The molecule has 0 fully saturated rings. The standard InChI is InChI=1S/C15H26N2O3S/c1-5-11-16-13-7-9-14(10-8-13)21(19,20)17(6-2)12-15(3,4)18/h7-10,16,18H,5-6,11-12H2,1-4H3. The van der Waals surface area contributed by atoms with Crippen LogP contribution in [0.2, 0.25) is 0 Å². The van der Waals surface area contributed by atoms with Crippen molar-refractivity contribution in [3.8, 4) is 0 Å². The first-order valence-electron chi connectivity index (χ1n) is 7.27. The minimum atomic E-state index is -3.58. The zero-order chi connectivity index (χ0) is 16.1. The number of aliphatic hydroxyl groups is 1. The van der Waals surface area contributed by atoms with Gasteiger partial charge in [-0.3, -0.25) is 0 Å². The summed E-state index contributed by atoms with van der Waals surface area (Å²) in [6.07, 6.45) is 1.01. The summed E-state index contributed by atoms with van der Waals surface area (Å²) in [6, 6.07) is 6.72. The number of hydrogen-bond donors (Lipinski definition) is 2. The van der Waals surface area contributed by atoms with E-state index < -0.39 is 15.6 Å². The molecule has 1 aromatic carbocycles. The highest BCUT2D eigenvalue weighted by Gasteiger charge is 2.28. The fraction of sp³-hybridized carbons (Fsp3) is 0.600. The Kier molecular flexibility index (Phi) is 6.19. The van der Waals surface area contributed by atoms with Crippen LogP contribution in [0.1, 0.15) is 34.1 Å². The quantitative estimate of drug-likeness (QED) is 0.772. The zero-order valence-electron chi connectivity index (χ0n) is 13.3. The van der Waals surface area contributed by atoms with Gasteiger partial charge in [0.25, 0.3) is 0 Å². The van der Waals surface area contributed by atoms with Crippen molar-refractivity contribution in [2.45, 2.75) is 44.6 Å². The van der Waals surface area contributed by atoms with Crippen LogP contribution < -0.4 is 5.32 Å². The van der Waals surface area contributed by atoms with E-state index in [1.807, 2.05) is 0 Å². The highest BCUT2D eigenvalue weighted by Crippen LogP contribution is 2.20. The SMILES string of the molecule is CCCNc1ccc(S(=O)(=O)N(CC)CC(C)(C)O)cc1. The van der Waals surface area contributed by atoms with Crippen molar-refractivity contribution in [2.75, 3.05) is 25.0 Å². The first-order chi connectivity index (χ1) is 9.70. The Balaban J connectivity index is 2.95. The second kappa shape index (κ2) is 7.24. The Morgan fingerprint density at radius 2 is 1.76 bits per heavy atom. The Hall–Kier alpha value is -1.11. The highest BCUT2D eigenvalue weighted by atomic mass is 32.2. The largest absolute Gasteiger partial charge is 0.389 e. The predicted molar refractivity (Wildman–Crippen MR) is 86.0 cm³/mol. The van der Waals surface area contributed by atoms with Crippen molar-refractivity contribution in [3.05, 3.63) is 24.3 Å². The molecule has 0 aliphatic carbocycles. The monoisotopic (exact) mass is 314 g/mol. The molecule has 0 aliphatic heterocycles. The van der Waals surface area contributed by atoms with Crippen molar-refractivity contribution in [1.29, 1.82) is 0 Å². The van der Waals surface area contributed by atoms with Crippen molar-refractivity contribution in [2.24, 2.45) is 0 Å². The van der Waals surface area contributed by atoms with E-state index in [4.69, 9.17) is 0 Å². The van der Waals surface area contributed by atoms with E-state index in [9.17, 15) is 13.5 Å². The van der Waals surface area contributed by atoms with Crippen molar-refractivity contribution in [1.82, 2.24) is 4.31 Å². The van der Waals surface area contributed by atoms with Gasteiger partial charge in [-0.25, -0.2) is 8.42 Å². The molecule has 1 rings (SSSR count). The van der Waals surface area contributed by atoms with Gasteiger partial charge in [0.1, 0.15) is 0 Å². The molecule has 0 aromatic heterocycles. The van der Waals surface area contributed by atoms with Crippen LogP contribution in [-0.2, 0) is 10.0 Å². The molecule has 0 atom stereocenters. The molecule has 1 aromatic rings. The fourth-order valence-electron chi connectivity index (χ4n) is 1.96. The molecular weight excluding hydrogens is 288 g/mol. The molecule has 120 valence electrons. The summed E-state index contributed by atoms with van der Waals surface area (Å²) in [5, 5.41) is 13.1. The number of sulfonamides is 1. The number of likely N-dealkylation sites (N-methyl/N-ethyl adjacent to an activating group) is 1. The van der Waals surface area contributed by atoms with Crippen LogP contribution in [0.15, 0.2) is 29.2 Å². The zero-order valence-corrected chi connectivity index (χ0v) is 14.1. The Bertz CT molecular complexity index is 533. The van der Waals surface area contributed by atoms with Gasteiger partial charge < -0.3 is 10.4 Å². The molecule has 0 aliphatic rings. The first-order valence-corrected chi connectivity index (χ1v) is 8.71. The average Bonchev–Trinajstić information content (AvgIpc) is 2.41. The molecule has 0 spiro atoms. The van der Waals surface area contributed by atoms with Gasteiger partial charge in [0, 0.05) is 25.3 Å². The van der Waals surface area contributed by atoms with Gasteiger partial charge >= 0.3 is 0 Å². The summed E-state index contributed by atoms with van der Waals surface area (Å²) in [5.41, 5.74) is -0.160. The van der Waals surface area contributed by atoms with E-state index in [-0.39, 0.29) is 11.4 Å². The molecule has 0 bridgehead atoms. The third-order valence-electron chi connectivity index (χ3n) is 2.99. The van der Waals surface area contributed by atoms with E-state index in [1.54, 1.807) is 45.0 Å². The number of nitrogens with zero attached hydrogens (tertiary/aromatic N) is 1. The van der Waals surface area contributed by atoms with E-state index in [0.29, 0.717) is 6.54 Å². The van der Waals surface area contributed by atoms with Gasteiger partial charge in [-0.1, -0.05) is 13.8 Å². The summed E-state index contributed by atoms with van der Waals surface area (Å²) >= 11 is 0. The molecule has 0 saturated carbocycles. The lowest BCUT2D eigenvalue weighted by Gasteiger charge is -2.27. The van der Waals surface area contributed by atoms with Crippen molar-refractivity contribution >= 4 is 15.7 Å². The summed E-state index contributed by atoms with van der Waals surface area (Å²) in [5.74, 6) is 0. The van der Waals surface area contributed by atoms with Crippen LogP contribution in [0.25, 0.3) is 0 Å². The first kappa shape index (κ1) is 17.9. The van der Waals surface area contributed by atoms with Gasteiger partial charge in [-0.05, 0) is 44.5 Å². The maximum absolute atomic E-state index is 12.6. The molecule has 0 heterocycles. The van der Waals surface area contributed by atoms with Gasteiger partial charge in [0.05, 0.1) is 10.5 Å². The maximum Gasteiger partial charge on any atom is 0.243 e. The molecule has 0 unspecified atom stereocenters. The van der Waals surface area contributed by atoms with Gasteiger partial charge in [-0.15, -0.1) is 0 Å². The molecule has 0 radical (unpaired) electrons. The lowest BCUT2D eigenvalue weighted by molar-refractivity contribution is 0.0601. The number of anilines is 1. The van der Waals surface area contributed by atoms with Gasteiger partial charge in [0.2, 0.25) is 10.0 Å². The average molecular weight is 314 g/mol. The van der Waals surface area contributed by atoms with Crippen molar-refractivity contribution in [3.63, 3.8) is 0 Å². The Labute approximate surface area is 128 Å². The molecule has 5 nitrogen and oxygen atoms in total. The van der Waals surface area contributed by atoms with Crippen molar-refractivity contribution < 1.29 is 13.5 Å². The van der Waals surface area contributed by atoms with Crippen LogP contribution >= 0.6 is 0 Å². The van der Waals surface area contributed by atoms with E-state index >= 15 is 0 Å². The lowest BCUT2D eigenvalue weighted by Crippen LogP contribution is -2.42. The molecule has 21 heavy (non-hydrogen) atoms. The highest BCUT2D eigenvalue weighted by molar-refractivity contribution is 7.89. The second-order valence-electron chi connectivity index (χ2n) is 5.69. The van der Waals surface area contributed by atoms with Gasteiger partial charge in [-0.2, -0.15) is 4.31 Å². The number of rotatable bonds is 8. The Morgan fingerprint density at radius 1 is 1.19 bits per heavy atom. The number of benzene rings is 1. The van der Waals surface area contributed by atoms with Crippen LogP contribution in [-0.4, -0.2) is 43.1 Å². The van der Waals surface area contributed by atoms with Crippen LogP contribution in [0, 0.1) is 0 Å². The molecular formula is C15H26N2O3S. The number of hydrogen-bond acceptors (Lipinski definition) is 4. The summed E-state index contributed by atoms with van der Waals surface area (Å²) in [6.45, 7) is 8.28. The van der Waals surface area contributed by atoms with Crippen LogP contribution in [0.3, 0.4) is 0 Å². The Morgan fingerprint density at radius 3 is 2.19 bits per heavy atom. The molecule has 6 heteroatoms. The fourth-order valence-corrected chi connectivity index (χ4v) is 3.57. The third-order valence-corrected chi connectivity index (χ3v) is 4.92. The number of nitrogens with one attached hydrogen (secondary N) is 1. The van der Waals surface area contributed by atoms with Crippen LogP contribution in [0.4, 0.5) is 5.69 Å². The van der Waals surface area contributed by atoms with Gasteiger partial charge in [0.15, 0.2) is 0 Å². The normalized spacial score (nSPS) is 12.7. The molecule has 2 N–H and O–H groups in total. The van der Waals surface area contributed by atoms with Crippen LogP contribution in [0.5, 0.6) is 0 Å². The minimum Gasteiger partial charge on any atom is -0.389 e. The minimum absolute atomic E-state index is 0.0711. The summed E-state index contributed by atoms with van der Waals surface area (Å²) in [4.78, 5) is 0.246. The van der Waals surface area contributed by atoms with E-state index in [2.05, 4.69) is 12.2 Å². The maximum atomic E-state index is 12.6.